The van der Waals surface area contributed by atoms with Crippen molar-refractivity contribution in [3.05, 3.63) is 0 Å². The van der Waals surface area contributed by atoms with E-state index in [0.29, 0.717) is 0 Å². The molecule has 4 heavy (non-hydrogen) atoms. The van der Waals surface area contributed by atoms with E-state index in [1.807, 2.05) is 0 Å². The van der Waals surface area contributed by atoms with Gasteiger partial charge >= 0.3 is 40.7 Å². The number of hydrogen-bond donors (Lipinski definition) is 1. The Morgan fingerprint density at radius 3 is 1.25 bits per heavy atom. The summed E-state index contributed by atoms with van der Waals surface area (Å²) in [5.41, 5.74) is 0. The van der Waals surface area contributed by atoms with E-state index in [0.717, 1.165) is 0 Å². The van der Waals surface area contributed by atoms with Crippen LogP contribution in [0.4, 0.5) is 0 Å². The molecule has 0 aliphatic heterocycles. The molecule has 4 heteroatoms. The van der Waals surface area contributed by atoms with Crippen molar-refractivity contribution in [1.29, 1.82) is 0 Å². The molecule has 0 aromatic heterocycles. The summed E-state index contributed by atoms with van der Waals surface area (Å²) in [5.74, 6) is 0. The third-order valence-electron chi connectivity index (χ3n) is 0. The molecular formula is H5CeNO2. The zero-order chi connectivity index (χ0) is 2.00. The molecule has 0 unspecified atom stereocenters. The van der Waals surface area contributed by atoms with Crippen molar-refractivity contribution in [2.45, 2.75) is 0 Å². The number of quaternary nitrogens is 1. The van der Waals surface area contributed by atoms with Gasteiger partial charge in [0.15, 0.2) is 0 Å². The Hall–Kier alpha value is 1.10. The van der Waals surface area contributed by atoms with Crippen molar-refractivity contribution in [1.82, 2.24) is 6.15 Å². The molecule has 0 rings (SSSR count). The molecule has 5 N–H and O–H groups in total. The van der Waals surface area contributed by atoms with Gasteiger partial charge in [0.1, 0.15) is 0 Å². The average Bonchev–Trinajstić information content (AvgIpc) is 1.00. The second-order valence-corrected chi connectivity index (χ2v) is 0. The topological polar surface area (TPSA) is 83.6 Å². The Kier molecular flexibility index (Phi) is 159. The Balaban J connectivity index is -0.00000000500. The molecule has 0 heterocycles. The predicted octanol–water partition coefficient (Wildman–Crippen LogP) is 0.0806. The van der Waals surface area contributed by atoms with Crippen molar-refractivity contribution in [2.24, 2.45) is 0 Å². The number of hydrogen-bond acceptors (Lipinski definition) is 2. The van der Waals surface area contributed by atoms with Crippen LogP contribution in [0.25, 0.3) is 0 Å². The minimum absolute atomic E-state index is 0. The molecule has 0 bridgehead atoms. The number of rotatable bonds is 0. The fourth-order valence-corrected chi connectivity index (χ4v) is 0. The average molecular weight is 191 g/mol. The molecule has 0 amide bonds. The van der Waals surface area contributed by atoms with Crippen LogP contribution in [0.15, 0.2) is 0 Å². The molecule has 0 saturated heterocycles. The van der Waals surface area contributed by atoms with E-state index in [1.165, 1.54) is 0 Å². The van der Waals surface area contributed by atoms with E-state index >= 15 is 0 Å². The summed E-state index contributed by atoms with van der Waals surface area (Å²) in [6.07, 6.45) is 0. The fraction of sp³-hybridized carbons (Fsp3) is 0. The van der Waals surface area contributed by atoms with Crippen molar-refractivity contribution >= 4 is 0 Å². The van der Waals surface area contributed by atoms with E-state index in [9.17, 15) is 0 Å². The van der Waals surface area contributed by atoms with E-state index in [1.54, 1.807) is 0 Å². The van der Waals surface area contributed by atoms with Gasteiger partial charge in [-0.1, -0.05) is 0 Å². The monoisotopic (exact) mass is 191 g/mol. The van der Waals surface area contributed by atoms with Gasteiger partial charge in [-0.3, -0.25) is 0 Å². The van der Waals surface area contributed by atoms with Crippen LogP contribution >= 0.6 is 0 Å². The molecule has 0 aromatic rings. The zero-order valence-corrected chi connectivity index (χ0v) is 5.50. The first-order valence-corrected chi connectivity index (χ1v) is 1.49. The third-order valence-corrected chi connectivity index (χ3v) is 0. The van der Waals surface area contributed by atoms with Crippen LogP contribution in [0.2, 0.25) is 0 Å². The van der Waals surface area contributed by atoms with Crippen LogP contribution in [0, 0.1) is 39.8 Å². The van der Waals surface area contributed by atoms with Crippen molar-refractivity contribution in [3.8, 4) is 0 Å². The second kappa shape index (κ2) is 32.7. The molecule has 0 radical (unpaired) electrons. The van der Waals surface area contributed by atoms with E-state index in [-0.39, 0.29) is 51.4 Å². The van der Waals surface area contributed by atoms with Gasteiger partial charge in [-0.2, -0.15) is 0 Å². The molecule has 0 aliphatic rings. The Morgan fingerprint density at radius 2 is 1.25 bits per heavy atom. The summed E-state index contributed by atoms with van der Waals surface area (Å²) < 4.78 is 8.39. The van der Waals surface area contributed by atoms with E-state index < -0.39 is 0 Å². The normalized spacial score (nSPS) is 0.750. The van der Waals surface area contributed by atoms with Crippen LogP contribution in [-0.4, -0.2) is 5.48 Å². The van der Waals surface area contributed by atoms with Crippen molar-refractivity contribution in [3.63, 3.8) is 0 Å². The van der Waals surface area contributed by atoms with Gasteiger partial charge < -0.3 is 11.6 Å². The van der Waals surface area contributed by atoms with Gasteiger partial charge in [-0.05, 0) is 0 Å². The maximum atomic E-state index is 8.39. The first kappa shape index (κ1) is 19.5. The third kappa shape index (κ3) is 11.3. The van der Waals surface area contributed by atoms with Gasteiger partial charge in [0, 0.05) is 0 Å². The van der Waals surface area contributed by atoms with Gasteiger partial charge in [-0.25, -0.2) is 0 Å². The molecule has 0 atom stereocenters. The van der Waals surface area contributed by atoms with Gasteiger partial charge in [-0.15, -0.1) is 0 Å². The molecule has 0 spiro atoms. The molecular weight excluding hydrogens is 186 g/mol. The van der Waals surface area contributed by atoms with E-state index in [4.69, 9.17) is 0.938 Å². The SMILES string of the molecule is [NH4+].[OH-].[O]=[Ce]. The van der Waals surface area contributed by atoms with Crippen LogP contribution in [0.1, 0.15) is 0 Å². The minimum atomic E-state index is 0. The van der Waals surface area contributed by atoms with Crippen molar-refractivity contribution in [2.75, 3.05) is 0 Å². The standard InChI is InChI=1S/Ce.H3N.H2O.O/h;1H3;1H2;. The summed E-state index contributed by atoms with van der Waals surface area (Å²) in [5, 5.41) is 0. The Bertz CT molecular complexity index is 6.00. The second-order valence-electron chi connectivity index (χ2n) is 0. The summed E-state index contributed by atoms with van der Waals surface area (Å²) >= 11 is 0.0556. The Morgan fingerprint density at radius 1 is 1.25 bits per heavy atom. The maximum absolute atomic E-state index is 8.39. The van der Waals surface area contributed by atoms with Gasteiger partial charge in [0.2, 0.25) is 0 Å². The van der Waals surface area contributed by atoms with Crippen LogP contribution in [0.5, 0.6) is 0 Å². The summed E-state index contributed by atoms with van der Waals surface area (Å²) in [6, 6.07) is 0. The van der Waals surface area contributed by atoms with Crippen LogP contribution in [-0.2, 0) is 0.938 Å². The first-order chi connectivity index (χ1) is 1.00. The van der Waals surface area contributed by atoms with Crippen LogP contribution < -0.4 is 6.15 Å². The Labute approximate surface area is 51.8 Å². The molecule has 0 saturated carbocycles. The quantitative estimate of drug-likeness (QED) is 0.588. The van der Waals surface area contributed by atoms with Gasteiger partial charge in [0.25, 0.3) is 0 Å². The summed E-state index contributed by atoms with van der Waals surface area (Å²) in [4.78, 5) is 0. The summed E-state index contributed by atoms with van der Waals surface area (Å²) in [7, 11) is 0. The molecule has 0 fully saturated rings. The van der Waals surface area contributed by atoms with E-state index in [2.05, 4.69) is 0 Å². The fourth-order valence-electron chi connectivity index (χ4n) is 0. The summed E-state index contributed by atoms with van der Waals surface area (Å²) in [6.45, 7) is 0. The molecule has 3 nitrogen and oxygen atoms in total. The van der Waals surface area contributed by atoms with Crippen molar-refractivity contribution < 1.29 is 46.2 Å². The first-order valence-electron chi connectivity index (χ1n) is 0.204. The molecule has 0 aromatic carbocycles. The molecule has 26 valence electrons. The molecule has 0 aliphatic carbocycles. The van der Waals surface area contributed by atoms with Crippen LogP contribution in [0.3, 0.4) is 0 Å². The zero-order valence-electron chi connectivity index (χ0n) is 2.36. The predicted molar refractivity (Wildman–Crippen MR) is 8.61 cm³/mol. The van der Waals surface area contributed by atoms with Gasteiger partial charge in [0.05, 0.1) is 0 Å².